The van der Waals surface area contributed by atoms with Crippen molar-refractivity contribution in [2.45, 2.75) is 44.5 Å². The summed E-state index contributed by atoms with van der Waals surface area (Å²) < 4.78 is 13.2. The molecule has 0 saturated carbocycles. The van der Waals surface area contributed by atoms with Crippen molar-refractivity contribution < 1.29 is 18.7 Å². The monoisotopic (exact) mass is 440 g/mol. The molecule has 31 heavy (non-hydrogen) atoms. The number of carbonyl (C=O) groups is 2. The number of benzene rings is 1. The van der Waals surface area contributed by atoms with Gasteiger partial charge in [-0.05, 0) is 57.0 Å². The van der Waals surface area contributed by atoms with E-state index < -0.39 is 0 Å². The molecule has 8 nitrogen and oxygen atoms in total. The number of aromatic nitrogens is 3. The molecule has 9 heteroatoms. The summed E-state index contributed by atoms with van der Waals surface area (Å²) in [6.07, 6.45) is 3.77. The number of furan rings is 1. The Balaban J connectivity index is 1.45. The summed E-state index contributed by atoms with van der Waals surface area (Å²) >= 11 is 1.33. The molecule has 1 unspecified atom stereocenters. The molecule has 0 aliphatic carbocycles. The van der Waals surface area contributed by atoms with Gasteiger partial charge in [-0.2, -0.15) is 0 Å². The Labute approximate surface area is 184 Å². The largest absolute Gasteiger partial charge is 0.469 e. The van der Waals surface area contributed by atoms with Crippen LogP contribution in [0.3, 0.4) is 0 Å². The van der Waals surface area contributed by atoms with Gasteiger partial charge in [0.2, 0.25) is 5.91 Å². The zero-order valence-corrected chi connectivity index (χ0v) is 18.3. The minimum absolute atomic E-state index is 0.0114. The summed E-state index contributed by atoms with van der Waals surface area (Å²) in [4.78, 5) is 23.8. The van der Waals surface area contributed by atoms with Crippen LogP contribution in [0, 0.1) is 6.92 Å². The maximum atomic E-state index is 12.5. The molecule has 1 saturated heterocycles. The van der Waals surface area contributed by atoms with Crippen LogP contribution in [0.2, 0.25) is 0 Å². The highest BCUT2D eigenvalue weighted by Gasteiger charge is 2.23. The zero-order chi connectivity index (χ0) is 21.8. The third-order valence-corrected chi connectivity index (χ3v) is 6.10. The van der Waals surface area contributed by atoms with Crippen LogP contribution in [0.4, 0.5) is 5.69 Å². The predicted molar refractivity (Wildman–Crippen MR) is 117 cm³/mol. The van der Waals surface area contributed by atoms with Crippen molar-refractivity contribution in [3.05, 3.63) is 47.9 Å². The fraction of sp³-hybridized carbons (Fsp3) is 0.364. The van der Waals surface area contributed by atoms with Crippen molar-refractivity contribution in [1.82, 2.24) is 14.8 Å². The Bertz CT molecular complexity index is 1070. The maximum absolute atomic E-state index is 12.5. The number of hydrogen-bond acceptors (Lipinski definition) is 7. The molecule has 1 aromatic carbocycles. The summed E-state index contributed by atoms with van der Waals surface area (Å²) in [6.45, 7) is 4.79. The predicted octanol–water partition coefficient (Wildman–Crippen LogP) is 3.96. The summed E-state index contributed by atoms with van der Waals surface area (Å²) in [5, 5.41) is 12.2. The summed E-state index contributed by atoms with van der Waals surface area (Å²) in [5.74, 6) is 1.49. The smallest absolute Gasteiger partial charge is 0.234 e. The van der Waals surface area contributed by atoms with Crippen LogP contribution >= 0.6 is 11.8 Å². The molecule has 2 aromatic heterocycles. The van der Waals surface area contributed by atoms with E-state index in [0.29, 0.717) is 28.8 Å². The van der Waals surface area contributed by atoms with Gasteiger partial charge in [-0.1, -0.05) is 11.8 Å². The molecule has 4 rings (SSSR count). The number of amides is 1. The lowest BCUT2D eigenvalue weighted by atomic mass is 10.1. The molecule has 0 bridgehead atoms. The Morgan fingerprint density at radius 1 is 1.23 bits per heavy atom. The van der Waals surface area contributed by atoms with Gasteiger partial charge in [0.25, 0.3) is 0 Å². The van der Waals surface area contributed by atoms with Crippen molar-refractivity contribution in [1.29, 1.82) is 0 Å². The van der Waals surface area contributed by atoms with E-state index in [4.69, 9.17) is 9.15 Å². The average Bonchev–Trinajstić information content (AvgIpc) is 3.49. The minimum Gasteiger partial charge on any atom is -0.469 e. The van der Waals surface area contributed by atoms with Gasteiger partial charge in [-0.3, -0.25) is 14.2 Å². The number of carbonyl (C=O) groups excluding carboxylic acids is 2. The number of anilines is 1. The third kappa shape index (κ3) is 5.05. The second kappa shape index (κ2) is 9.49. The van der Waals surface area contributed by atoms with Gasteiger partial charge in [0.05, 0.1) is 30.2 Å². The molecule has 1 amide bonds. The van der Waals surface area contributed by atoms with Crippen LogP contribution in [0.1, 0.15) is 35.9 Å². The molecule has 1 fully saturated rings. The van der Waals surface area contributed by atoms with E-state index >= 15 is 0 Å². The number of nitrogens with one attached hydrogen (secondary N) is 1. The second-order valence-electron chi connectivity index (χ2n) is 7.41. The number of nitrogens with zero attached hydrogens (tertiary/aromatic N) is 3. The standard InChI is InChI=1S/C22H24N4O4S/c1-14(27)16-5-7-17(8-6-16)23-20(28)13-31-22-25-24-21(19-9-11-29-15(19)2)26(22)12-18-4-3-10-30-18/h5-9,11,18H,3-4,10,12-13H2,1-2H3,(H,23,28). The fourth-order valence-electron chi connectivity index (χ4n) is 3.48. The van der Waals surface area contributed by atoms with Crippen LogP contribution < -0.4 is 5.32 Å². The summed E-state index contributed by atoms with van der Waals surface area (Å²) in [7, 11) is 0. The first-order chi connectivity index (χ1) is 15.0. The first kappa shape index (κ1) is 21.3. The van der Waals surface area contributed by atoms with Crippen molar-refractivity contribution >= 4 is 29.1 Å². The average molecular weight is 441 g/mol. The van der Waals surface area contributed by atoms with Crippen LogP contribution in [0.15, 0.2) is 46.2 Å². The molecular weight excluding hydrogens is 416 g/mol. The van der Waals surface area contributed by atoms with Gasteiger partial charge in [0.1, 0.15) is 5.76 Å². The van der Waals surface area contributed by atoms with E-state index in [1.165, 1.54) is 18.7 Å². The van der Waals surface area contributed by atoms with Crippen molar-refractivity contribution in [2.75, 3.05) is 17.7 Å². The van der Waals surface area contributed by atoms with Crippen LogP contribution in [-0.4, -0.2) is 44.9 Å². The van der Waals surface area contributed by atoms with Gasteiger partial charge < -0.3 is 14.5 Å². The van der Waals surface area contributed by atoms with Crippen LogP contribution in [-0.2, 0) is 16.1 Å². The highest BCUT2D eigenvalue weighted by atomic mass is 32.2. The molecule has 162 valence electrons. The molecule has 1 aliphatic heterocycles. The van der Waals surface area contributed by atoms with Gasteiger partial charge in [-0.25, -0.2) is 0 Å². The van der Waals surface area contributed by atoms with E-state index in [2.05, 4.69) is 15.5 Å². The number of thioether (sulfide) groups is 1. The van der Waals surface area contributed by atoms with Crippen molar-refractivity contribution in [3.8, 4) is 11.4 Å². The first-order valence-corrected chi connectivity index (χ1v) is 11.1. The van der Waals surface area contributed by atoms with E-state index in [0.717, 1.165) is 30.8 Å². The van der Waals surface area contributed by atoms with Gasteiger partial charge >= 0.3 is 0 Å². The van der Waals surface area contributed by atoms with E-state index in [1.807, 2.05) is 17.6 Å². The van der Waals surface area contributed by atoms with Crippen molar-refractivity contribution in [2.24, 2.45) is 0 Å². The molecule has 1 atom stereocenters. The molecular formula is C22H24N4O4S. The Morgan fingerprint density at radius 3 is 2.68 bits per heavy atom. The topological polar surface area (TPSA) is 99.3 Å². The number of hydrogen-bond donors (Lipinski definition) is 1. The van der Waals surface area contributed by atoms with Gasteiger partial charge in [0.15, 0.2) is 16.8 Å². The van der Waals surface area contributed by atoms with Crippen LogP contribution in [0.5, 0.6) is 0 Å². The molecule has 0 spiro atoms. The van der Waals surface area contributed by atoms with Gasteiger partial charge in [0, 0.05) is 17.9 Å². The van der Waals surface area contributed by atoms with E-state index in [-0.39, 0.29) is 23.5 Å². The minimum atomic E-state index is -0.159. The normalized spacial score (nSPS) is 15.9. The second-order valence-corrected chi connectivity index (χ2v) is 8.36. The van der Waals surface area contributed by atoms with Crippen LogP contribution in [0.25, 0.3) is 11.4 Å². The SMILES string of the molecule is CC(=O)c1ccc(NC(=O)CSc2nnc(-c3ccoc3C)n2CC2CCCO2)cc1. The third-order valence-electron chi connectivity index (χ3n) is 5.13. The highest BCUT2D eigenvalue weighted by Crippen LogP contribution is 2.29. The number of ketones is 1. The molecule has 3 aromatic rings. The number of aryl methyl sites for hydroxylation is 1. The quantitative estimate of drug-likeness (QED) is 0.418. The first-order valence-electron chi connectivity index (χ1n) is 10.1. The van der Waals surface area contributed by atoms with E-state index in [1.54, 1.807) is 30.5 Å². The summed E-state index contributed by atoms with van der Waals surface area (Å²) in [6, 6.07) is 8.71. The number of Topliss-reactive ketones (excluding diaryl/α,β-unsaturated/α-hetero) is 1. The Kier molecular flexibility index (Phi) is 6.53. The summed E-state index contributed by atoms with van der Waals surface area (Å²) in [5.41, 5.74) is 2.13. The van der Waals surface area contributed by atoms with Crippen molar-refractivity contribution in [3.63, 3.8) is 0 Å². The molecule has 3 heterocycles. The van der Waals surface area contributed by atoms with Gasteiger partial charge in [-0.15, -0.1) is 10.2 Å². The highest BCUT2D eigenvalue weighted by molar-refractivity contribution is 7.99. The lowest BCUT2D eigenvalue weighted by Crippen LogP contribution is -2.18. The molecule has 0 radical (unpaired) electrons. The lowest BCUT2D eigenvalue weighted by Gasteiger charge is -2.14. The molecule has 1 N–H and O–H groups in total. The zero-order valence-electron chi connectivity index (χ0n) is 17.5. The fourth-order valence-corrected chi connectivity index (χ4v) is 4.23. The Morgan fingerprint density at radius 2 is 2.03 bits per heavy atom. The molecule has 1 aliphatic rings. The maximum Gasteiger partial charge on any atom is 0.234 e. The number of rotatable bonds is 8. The lowest BCUT2D eigenvalue weighted by molar-refractivity contribution is -0.113. The van der Waals surface area contributed by atoms with E-state index in [9.17, 15) is 9.59 Å². The Hall–Kier alpha value is -2.91. The number of ether oxygens (including phenoxy) is 1.